The molecule has 0 aliphatic heterocycles. The molecule has 0 bridgehead atoms. The highest BCUT2D eigenvalue weighted by Gasteiger charge is 2.18. The number of aryl methyl sites for hydroxylation is 1. The zero-order chi connectivity index (χ0) is 23.9. The Labute approximate surface area is 200 Å². The van der Waals surface area contributed by atoms with Crippen LogP contribution in [0.1, 0.15) is 11.5 Å². The molecule has 34 heavy (non-hydrogen) atoms. The van der Waals surface area contributed by atoms with E-state index in [1.54, 1.807) is 20.3 Å². The molecule has 2 aromatic carbocycles. The van der Waals surface area contributed by atoms with Crippen molar-refractivity contribution in [2.75, 3.05) is 20.0 Å². The van der Waals surface area contributed by atoms with Crippen molar-refractivity contribution in [1.29, 1.82) is 0 Å². The Bertz CT molecular complexity index is 1300. The molecule has 0 aliphatic carbocycles. The normalized spacial score (nSPS) is 11.0. The van der Waals surface area contributed by atoms with Crippen LogP contribution in [0.4, 0.5) is 0 Å². The number of amides is 1. The second-order valence-electron chi connectivity index (χ2n) is 7.08. The fraction of sp³-hybridized carbons (Fsp3) is 0.167. The van der Waals surface area contributed by atoms with E-state index < -0.39 is 0 Å². The van der Waals surface area contributed by atoms with Gasteiger partial charge in [-0.1, -0.05) is 30.0 Å². The van der Waals surface area contributed by atoms with Crippen LogP contribution >= 0.6 is 11.8 Å². The van der Waals surface area contributed by atoms with Gasteiger partial charge >= 0.3 is 0 Å². The zero-order valence-electron chi connectivity index (χ0n) is 18.9. The van der Waals surface area contributed by atoms with Gasteiger partial charge in [-0.05, 0) is 49.4 Å². The summed E-state index contributed by atoms with van der Waals surface area (Å²) in [6.07, 6.45) is 1.46. The molecule has 4 rings (SSSR count). The molecule has 1 N–H and O–H groups in total. The number of ether oxygens (including phenoxy) is 2. The maximum absolute atomic E-state index is 12.3. The number of aromatic nitrogens is 3. The maximum Gasteiger partial charge on any atom is 0.250 e. The number of hydrogen-bond donors (Lipinski definition) is 1. The highest BCUT2D eigenvalue weighted by atomic mass is 32.2. The van der Waals surface area contributed by atoms with Gasteiger partial charge < -0.3 is 13.9 Å². The van der Waals surface area contributed by atoms with Crippen LogP contribution in [0.3, 0.4) is 0 Å². The number of hydrazone groups is 1. The van der Waals surface area contributed by atoms with Gasteiger partial charge in [-0.3, -0.25) is 9.36 Å². The summed E-state index contributed by atoms with van der Waals surface area (Å²) < 4.78 is 18.1. The van der Waals surface area contributed by atoms with Crippen molar-refractivity contribution in [1.82, 2.24) is 20.2 Å². The van der Waals surface area contributed by atoms with Gasteiger partial charge in [-0.15, -0.1) is 10.2 Å². The van der Waals surface area contributed by atoms with E-state index in [9.17, 15) is 4.79 Å². The highest BCUT2D eigenvalue weighted by molar-refractivity contribution is 7.99. The monoisotopic (exact) mass is 477 g/mol. The first-order chi connectivity index (χ1) is 16.6. The second kappa shape index (κ2) is 10.7. The van der Waals surface area contributed by atoms with E-state index >= 15 is 0 Å². The van der Waals surface area contributed by atoms with Gasteiger partial charge in [0.1, 0.15) is 11.5 Å². The SMILES string of the molecule is COc1ccc(-c2nnc(SCC(=O)NN=Cc3ccc(C)o3)n2-c2ccccc2)cc1OC. The number of rotatable bonds is 9. The Hall–Kier alpha value is -4.05. The van der Waals surface area contributed by atoms with Crippen LogP contribution < -0.4 is 14.9 Å². The van der Waals surface area contributed by atoms with E-state index in [1.165, 1.54) is 18.0 Å². The lowest BCUT2D eigenvalue weighted by Crippen LogP contribution is -2.19. The molecule has 1 amide bonds. The summed E-state index contributed by atoms with van der Waals surface area (Å²) in [5.41, 5.74) is 4.16. The Morgan fingerprint density at radius 1 is 1.09 bits per heavy atom. The number of benzene rings is 2. The number of nitrogens with one attached hydrogen (secondary N) is 1. The van der Waals surface area contributed by atoms with E-state index in [-0.39, 0.29) is 11.7 Å². The van der Waals surface area contributed by atoms with E-state index in [2.05, 4.69) is 20.7 Å². The molecule has 2 aromatic heterocycles. The molecular weight excluding hydrogens is 454 g/mol. The molecule has 0 saturated carbocycles. The van der Waals surface area contributed by atoms with Crippen molar-refractivity contribution >= 4 is 23.9 Å². The molecule has 0 fully saturated rings. The zero-order valence-corrected chi connectivity index (χ0v) is 19.7. The Kier molecular flexibility index (Phi) is 7.28. The van der Waals surface area contributed by atoms with E-state index in [0.717, 1.165) is 17.0 Å². The van der Waals surface area contributed by atoms with Crippen LogP contribution in [0.5, 0.6) is 11.5 Å². The minimum absolute atomic E-state index is 0.103. The number of nitrogens with zero attached hydrogens (tertiary/aromatic N) is 4. The number of furan rings is 1. The number of thioether (sulfide) groups is 1. The predicted molar refractivity (Wildman–Crippen MR) is 130 cm³/mol. The molecule has 4 aromatic rings. The summed E-state index contributed by atoms with van der Waals surface area (Å²) in [6.45, 7) is 1.84. The van der Waals surface area contributed by atoms with Crippen molar-refractivity contribution in [2.24, 2.45) is 5.10 Å². The molecule has 0 aliphatic rings. The van der Waals surface area contributed by atoms with Gasteiger partial charge in [-0.2, -0.15) is 5.10 Å². The topological polar surface area (TPSA) is 104 Å². The van der Waals surface area contributed by atoms with Crippen molar-refractivity contribution in [3.8, 4) is 28.6 Å². The fourth-order valence-electron chi connectivity index (χ4n) is 3.19. The van der Waals surface area contributed by atoms with E-state index in [4.69, 9.17) is 13.9 Å². The first-order valence-electron chi connectivity index (χ1n) is 10.3. The molecule has 0 saturated heterocycles. The average Bonchev–Trinajstić information content (AvgIpc) is 3.48. The summed E-state index contributed by atoms with van der Waals surface area (Å²) in [5.74, 6) is 2.98. The number of para-hydroxylation sites is 1. The van der Waals surface area contributed by atoms with Crippen LogP contribution in [0, 0.1) is 6.92 Å². The first kappa shape index (κ1) is 23.1. The van der Waals surface area contributed by atoms with Crippen LogP contribution in [0.25, 0.3) is 17.1 Å². The first-order valence-corrected chi connectivity index (χ1v) is 11.3. The Morgan fingerprint density at radius 3 is 2.59 bits per heavy atom. The molecule has 0 radical (unpaired) electrons. The summed E-state index contributed by atoms with van der Waals surface area (Å²) in [6, 6.07) is 18.8. The average molecular weight is 478 g/mol. The van der Waals surface area contributed by atoms with Gasteiger partial charge in [0.2, 0.25) is 0 Å². The lowest BCUT2D eigenvalue weighted by atomic mass is 10.2. The summed E-state index contributed by atoms with van der Waals surface area (Å²) in [5, 5.41) is 13.2. The molecule has 0 unspecified atom stereocenters. The van der Waals surface area contributed by atoms with Crippen molar-refractivity contribution < 1.29 is 18.7 Å². The number of carbonyl (C=O) groups excluding carboxylic acids is 1. The van der Waals surface area contributed by atoms with Crippen molar-refractivity contribution in [3.05, 3.63) is 72.2 Å². The third kappa shape index (κ3) is 5.29. The molecule has 9 nitrogen and oxygen atoms in total. The van der Waals surface area contributed by atoms with Gasteiger partial charge in [0.15, 0.2) is 22.5 Å². The van der Waals surface area contributed by atoms with Gasteiger partial charge in [0, 0.05) is 11.3 Å². The molecule has 2 heterocycles. The standard InChI is InChI=1S/C24H23N5O4S/c1-16-9-11-19(33-16)14-25-26-22(30)15-34-24-28-27-23(29(24)18-7-5-4-6-8-18)17-10-12-20(31-2)21(13-17)32-3/h4-14H,15H2,1-3H3,(H,26,30). The largest absolute Gasteiger partial charge is 0.493 e. The quantitative estimate of drug-likeness (QED) is 0.220. The molecule has 174 valence electrons. The van der Waals surface area contributed by atoms with Gasteiger partial charge in [-0.25, -0.2) is 5.43 Å². The maximum atomic E-state index is 12.3. The van der Waals surface area contributed by atoms with Crippen LogP contribution in [0.2, 0.25) is 0 Å². The predicted octanol–water partition coefficient (Wildman–Crippen LogP) is 4.10. The molecule has 0 atom stereocenters. The lowest BCUT2D eigenvalue weighted by molar-refractivity contribution is -0.118. The Balaban J connectivity index is 1.55. The van der Waals surface area contributed by atoms with E-state index in [1.807, 2.05) is 66.1 Å². The number of hydrogen-bond acceptors (Lipinski definition) is 8. The van der Waals surface area contributed by atoms with Gasteiger partial charge in [0.25, 0.3) is 5.91 Å². The summed E-state index contributed by atoms with van der Waals surface area (Å²) >= 11 is 1.26. The minimum atomic E-state index is -0.278. The minimum Gasteiger partial charge on any atom is -0.493 e. The lowest BCUT2D eigenvalue weighted by Gasteiger charge is -2.12. The Morgan fingerprint density at radius 2 is 1.88 bits per heavy atom. The van der Waals surface area contributed by atoms with E-state index in [0.29, 0.717) is 28.2 Å². The molecule has 0 spiro atoms. The number of carbonyl (C=O) groups is 1. The molecular formula is C24H23N5O4S. The molecule has 10 heteroatoms. The fourth-order valence-corrected chi connectivity index (χ4v) is 3.93. The smallest absolute Gasteiger partial charge is 0.250 e. The third-order valence-corrected chi connectivity index (χ3v) is 5.69. The van der Waals surface area contributed by atoms with Crippen LogP contribution in [-0.2, 0) is 4.79 Å². The van der Waals surface area contributed by atoms with Crippen LogP contribution in [-0.4, -0.2) is 46.9 Å². The van der Waals surface area contributed by atoms with Gasteiger partial charge in [0.05, 0.1) is 26.2 Å². The summed E-state index contributed by atoms with van der Waals surface area (Å²) in [7, 11) is 3.17. The highest BCUT2D eigenvalue weighted by Crippen LogP contribution is 2.34. The van der Waals surface area contributed by atoms with Crippen molar-refractivity contribution in [3.63, 3.8) is 0 Å². The second-order valence-corrected chi connectivity index (χ2v) is 8.02. The van der Waals surface area contributed by atoms with Crippen molar-refractivity contribution in [2.45, 2.75) is 12.1 Å². The summed E-state index contributed by atoms with van der Waals surface area (Å²) in [4.78, 5) is 12.3. The third-order valence-electron chi connectivity index (χ3n) is 4.76. The van der Waals surface area contributed by atoms with Crippen LogP contribution in [0.15, 0.2) is 75.3 Å². The number of methoxy groups -OCH3 is 2.